The first-order valence-electron chi connectivity index (χ1n) is 8.71. The fourth-order valence-corrected chi connectivity index (χ4v) is 3.20. The van der Waals surface area contributed by atoms with Gasteiger partial charge in [-0.1, -0.05) is 4.90 Å². The molecule has 0 spiro atoms. The molecule has 0 saturated carbocycles. The van der Waals surface area contributed by atoms with Crippen LogP contribution in [0.15, 0.2) is 57.8 Å². The lowest BCUT2D eigenvalue weighted by Gasteiger charge is -2.27. The largest absolute Gasteiger partial charge is 0.496 e. The number of alkyl halides is 3. The van der Waals surface area contributed by atoms with E-state index in [0.717, 1.165) is 6.20 Å². The van der Waals surface area contributed by atoms with Gasteiger partial charge in [-0.05, 0) is 26.0 Å². The van der Waals surface area contributed by atoms with Crippen molar-refractivity contribution in [2.24, 2.45) is 4.99 Å². The molecule has 1 aromatic carbocycles. The van der Waals surface area contributed by atoms with Crippen molar-refractivity contribution in [2.45, 2.75) is 20.1 Å². The highest BCUT2D eigenvalue weighted by Crippen LogP contribution is 2.35. The van der Waals surface area contributed by atoms with Crippen molar-refractivity contribution in [3.63, 3.8) is 0 Å². The van der Waals surface area contributed by atoms with E-state index in [1.54, 1.807) is 31.3 Å². The maximum atomic E-state index is 13.3. The van der Waals surface area contributed by atoms with E-state index in [1.807, 2.05) is 6.92 Å². The molecule has 2 aromatic rings. The molecule has 0 aliphatic carbocycles. The highest BCUT2D eigenvalue weighted by atomic mass is 19.4. The number of fused-ring (bicyclic) bond motifs is 1. The van der Waals surface area contributed by atoms with Crippen molar-refractivity contribution in [1.82, 2.24) is 14.8 Å². The Hall–Kier alpha value is -3.27. The van der Waals surface area contributed by atoms with Gasteiger partial charge in [0.25, 0.3) is 0 Å². The number of aliphatic imine (C=N–C) groups is 1. The average molecular weight is 405 g/mol. The number of anilines is 1. The van der Waals surface area contributed by atoms with Crippen molar-refractivity contribution in [3.8, 4) is 17.1 Å². The predicted octanol–water partition coefficient (Wildman–Crippen LogP) is 4.12. The number of allylic oxidation sites excluding steroid dienone is 1. The summed E-state index contributed by atoms with van der Waals surface area (Å²) in [5.74, 6) is 1.50. The van der Waals surface area contributed by atoms with Crippen LogP contribution in [0, 0.1) is 6.92 Å². The molecule has 0 amide bonds. The minimum absolute atomic E-state index is 0.229. The first kappa shape index (κ1) is 19.1. The molecule has 0 atom stereocenters. The molecular formula is C19H18F3N5O2+. The van der Waals surface area contributed by atoms with Gasteiger partial charge in [0.2, 0.25) is 6.67 Å². The predicted molar refractivity (Wildman–Crippen MR) is 101 cm³/mol. The maximum Gasteiger partial charge on any atom is 0.489 e. The molecule has 1 N–H and O–H groups in total. The normalized spacial score (nSPS) is 16.9. The molecule has 0 unspecified atom stereocenters. The summed E-state index contributed by atoms with van der Waals surface area (Å²) in [5.41, 5.74) is 2.81. The summed E-state index contributed by atoms with van der Waals surface area (Å²) >= 11 is 0. The minimum atomic E-state index is -4.51. The molecule has 0 saturated heterocycles. The Morgan fingerprint density at radius 2 is 2.07 bits per heavy atom. The Balaban J connectivity index is 1.68. The fraction of sp³-hybridized carbons (Fsp3) is 0.263. The molecule has 2 aliphatic rings. The van der Waals surface area contributed by atoms with Gasteiger partial charge in [-0.2, -0.15) is 4.99 Å². The number of hydrogen-bond donors (Lipinski definition) is 1. The van der Waals surface area contributed by atoms with Crippen molar-refractivity contribution in [1.29, 1.82) is 0 Å². The highest BCUT2D eigenvalue weighted by Gasteiger charge is 2.46. The van der Waals surface area contributed by atoms with E-state index in [1.165, 1.54) is 18.4 Å². The Morgan fingerprint density at radius 1 is 1.28 bits per heavy atom. The minimum Gasteiger partial charge on any atom is -0.496 e. The number of nitrogens with zero attached hydrogens (tertiary/aromatic N) is 4. The van der Waals surface area contributed by atoms with Crippen molar-refractivity contribution in [3.05, 3.63) is 54.1 Å². The number of methoxy groups -OCH3 is 1. The van der Waals surface area contributed by atoms with E-state index in [2.05, 4.69) is 15.3 Å². The van der Waals surface area contributed by atoms with Gasteiger partial charge < -0.3 is 14.5 Å². The second kappa shape index (κ2) is 6.96. The van der Waals surface area contributed by atoms with Crippen molar-refractivity contribution >= 4 is 11.5 Å². The molecule has 4 rings (SSSR count). The van der Waals surface area contributed by atoms with E-state index in [9.17, 15) is 13.2 Å². The summed E-state index contributed by atoms with van der Waals surface area (Å²) < 4.78 is 50.8. The second-order valence-electron chi connectivity index (χ2n) is 6.60. The standard InChI is InChI=1S/C19H18F3N5O2/c1-11-7-26-10-27(19(20,21)22)8-15(18(26)24-11)25-13-4-5-14(16(6-13)28-3)17-12(2)23-9-29-17/h4-9,25H,10H2,1-3H3/q+1. The number of nitrogens with one attached hydrogen (secondary N) is 1. The third-order valence-corrected chi connectivity index (χ3v) is 4.52. The summed E-state index contributed by atoms with van der Waals surface area (Å²) in [6, 6.07) is 5.18. The Labute approximate surface area is 164 Å². The van der Waals surface area contributed by atoms with Crippen LogP contribution in [0.3, 0.4) is 0 Å². The average Bonchev–Trinajstić information content (AvgIpc) is 3.25. The number of amidine groups is 1. The molecular weight excluding hydrogens is 387 g/mol. The summed E-state index contributed by atoms with van der Waals surface area (Å²) in [6.45, 7) is 3.20. The number of benzene rings is 1. The van der Waals surface area contributed by atoms with Gasteiger partial charge >= 0.3 is 12.1 Å². The molecule has 0 bridgehead atoms. The first-order chi connectivity index (χ1) is 13.8. The van der Waals surface area contributed by atoms with Gasteiger partial charge in [0.1, 0.15) is 17.1 Å². The quantitative estimate of drug-likeness (QED) is 0.612. The van der Waals surface area contributed by atoms with Crippen LogP contribution < -0.4 is 15.0 Å². The number of oxazole rings is 1. The Kier molecular flexibility index (Phi) is 4.58. The summed E-state index contributed by atoms with van der Waals surface area (Å²) in [6.07, 6.45) is -0.562. The number of aryl methyl sites for hydroxylation is 1. The molecule has 29 heavy (non-hydrogen) atoms. The molecule has 1 aromatic heterocycles. The van der Waals surface area contributed by atoms with Gasteiger partial charge in [0, 0.05) is 18.0 Å². The van der Waals surface area contributed by atoms with Crippen LogP contribution in [-0.4, -0.2) is 35.8 Å². The zero-order valence-electron chi connectivity index (χ0n) is 15.9. The molecule has 2 aliphatic heterocycles. The van der Waals surface area contributed by atoms with Gasteiger partial charge in [-0.25, -0.2) is 9.88 Å². The fourth-order valence-electron chi connectivity index (χ4n) is 3.20. The number of ether oxygens (including phenoxy) is 1. The van der Waals surface area contributed by atoms with E-state index in [-0.39, 0.29) is 12.4 Å². The van der Waals surface area contributed by atoms with Crippen LogP contribution in [0.25, 0.3) is 11.3 Å². The van der Waals surface area contributed by atoms with Gasteiger partial charge in [-0.15, -0.1) is 13.2 Å². The van der Waals surface area contributed by atoms with Gasteiger partial charge in [0.05, 0.1) is 18.4 Å². The maximum absolute atomic E-state index is 13.3. The smallest absolute Gasteiger partial charge is 0.489 e. The van der Waals surface area contributed by atoms with Crippen molar-refractivity contribution in [2.75, 3.05) is 19.1 Å². The van der Waals surface area contributed by atoms with Crippen LogP contribution in [0.1, 0.15) is 12.6 Å². The number of rotatable bonds is 4. The SMILES string of the molecule is COc1cc(NC2=CN(C(F)(F)F)C[N+]3C=C(C)N=C23)ccc1-c1ocnc1C. The highest BCUT2D eigenvalue weighted by molar-refractivity contribution is 6.05. The summed E-state index contributed by atoms with van der Waals surface area (Å²) in [4.78, 5) is 10.2. The van der Waals surface area contributed by atoms with E-state index in [0.29, 0.717) is 44.9 Å². The van der Waals surface area contributed by atoms with Crippen LogP contribution >= 0.6 is 0 Å². The van der Waals surface area contributed by atoms with Crippen LogP contribution in [0.5, 0.6) is 5.75 Å². The van der Waals surface area contributed by atoms with Gasteiger partial charge in [0.15, 0.2) is 18.4 Å². The summed E-state index contributed by atoms with van der Waals surface area (Å²) in [7, 11) is 1.51. The second-order valence-corrected chi connectivity index (χ2v) is 6.60. The van der Waals surface area contributed by atoms with Crippen molar-refractivity contribution < 1.29 is 22.3 Å². The topological polar surface area (TPSA) is 68.8 Å². The Morgan fingerprint density at radius 3 is 2.72 bits per heavy atom. The van der Waals surface area contributed by atoms with E-state index < -0.39 is 6.30 Å². The molecule has 10 heteroatoms. The molecule has 7 nitrogen and oxygen atoms in total. The third-order valence-electron chi connectivity index (χ3n) is 4.52. The zero-order chi connectivity index (χ0) is 20.8. The van der Waals surface area contributed by atoms with Crippen LogP contribution in [0.4, 0.5) is 18.9 Å². The number of aromatic nitrogens is 1. The molecule has 151 valence electrons. The first-order valence-corrected chi connectivity index (χ1v) is 8.71. The lowest BCUT2D eigenvalue weighted by Crippen LogP contribution is -2.50. The van der Waals surface area contributed by atoms with Gasteiger partial charge in [-0.3, -0.25) is 0 Å². The molecule has 3 heterocycles. The zero-order valence-corrected chi connectivity index (χ0v) is 15.9. The molecule has 1 radical (unpaired) electrons. The third kappa shape index (κ3) is 3.58. The van der Waals surface area contributed by atoms with Crippen LogP contribution in [-0.2, 0) is 0 Å². The number of hydrogen-bond acceptors (Lipinski definition) is 7. The summed E-state index contributed by atoms with van der Waals surface area (Å²) in [5, 5.41) is 3.02. The molecule has 0 fully saturated rings. The lowest BCUT2D eigenvalue weighted by molar-refractivity contribution is -0.230. The lowest BCUT2D eigenvalue weighted by atomic mass is 10.1. The number of halogens is 3. The van der Waals surface area contributed by atoms with E-state index >= 15 is 0 Å². The van der Waals surface area contributed by atoms with Crippen LogP contribution in [0.2, 0.25) is 0 Å². The monoisotopic (exact) mass is 405 g/mol. The Bertz CT molecular complexity index is 1040. The van der Waals surface area contributed by atoms with E-state index in [4.69, 9.17) is 9.15 Å².